The van der Waals surface area contributed by atoms with Crippen LogP contribution in [0.4, 0.5) is 0 Å². The van der Waals surface area contributed by atoms with Crippen LogP contribution in [0.25, 0.3) is 10.8 Å². The summed E-state index contributed by atoms with van der Waals surface area (Å²) in [6, 6.07) is 38.7. The molecule has 0 unspecified atom stereocenters. The second kappa shape index (κ2) is 21.8. The predicted molar refractivity (Wildman–Crippen MR) is 263 cm³/mol. The third-order valence-corrected chi connectivity index (χ3v) is 14.2. The van der Waals surface area contributed by atoms with E-state index in [0.29, 0.717) is 42.0 Å². The quantitative estimate of drug-likeness (QED) is 0.0301. The zero-order valence-electron chi connectivity index (χ0n) is 38.8. The Morgan fingerprint density at radius 1 is 0.926 bits per heavy atom. The molecule has 1 saturated carbocycles. The van der Waals surface area contributed by atoms with Crippen LogP contribution in [-0.4, -0.2) is 89.5 Å². The van der Waals surface area contributed by atoms with Crippen LogP contribution in [0, 0.1) is 29.1 Å². The molecule has 11 nitrogen and oxygen atoms in total. The molecule has 11 heteroatoms. The topological polar surface area (TPSA) is 137 Å². The molecule has 0 spiro atoms. The summed E-state index contributed by atoms with van der Waals surface area (Å²) in [4.78, 5) is 26.3. The first-order valence-electron chi connectivity index (χ1n) is 24.3. The zero-order chi connectivity index (χ0) is 46.9. The predicted octanol–water partition coefficient (Wildman–Crippen LogP) is 9.58. The molecule has 4 aliphatic rings. The first-order chi connectivity index (χ1) is 33.4. The molecule has 2 aliphatic carbocycles. The fraction of sp³-hybridized carbons (Fsp3) is 0.386. The Kier molecular flexibility index (Phi) is 15.0. The molecule has 68 heavy (non-hydrogen) atoms. The van der Waals surface area contributed by atoms with Crippen LogP contribution in [0.2, 0.25) is 0 Å². The number of rotatable bonds is 22. The fourth-order valence-corrected chi connectivity index (χ4v) is 10.9. The molecule has 0 bridgehead atoms. The lowest BCUT2D eigenvalue weighted by atomic mass is 9.55. The van der Waals surface area contributed by atoms with Gasteiger partial charge < -0.3 is 34.2 Å². The summed E-state index contributed by atoms with van der Waals surface area (Å²) in [5.41, 5.74) is 5.50. The van der Waals surface area contributed by atoms with Gasteiger partial charge in [-0.05, 0) is 107 Å². The van der Waals surface area contributed by atoms with E-state index < -0.39 is 17.7 Å². The van der Waals surface area contributed by atoms with Crippen LogP contribution in [0.5, 0.6) is 11.5 Å². The van der Waals surface area contributed by atoms with Crippen molar-refractivity contribution in [3.63, 3.8) is 0 Å². The van der Waals surface area contributed by atoms with Gasteiger partial charge in [0.2, 0.25) is 5.79 Å². The minimum absolute atomic E-state index is 0.0576. The van der Waals surface area contributed by atoms with E-state index in [1.807, 2.05) is 65.6 Å². The van der Waals surface area contributed by atoms with E-state index in [9.17, 15) is 15.5 Å². The standard InChI is InChI=1S/C57H62N4O7/c1-2-32-66-57-53(61(56(64)43-23-21-40(37-58)22-24-43)38-45-18-12-17-42-15-6-7-19-47(42)45)36-51(59-67-39-41-13-4-3-5-14-41)49-34-44(16-8-10-30-62)48(20-9-11-31-63)54(55(49)57)50-35-46(25-26-52(50)68-57)65-33-29-60-27-28-60/h2-7,12-15,17-19,21-26,34-35,44,48,53-55,62-63H,1,8-11,16,20,27-33,36,38-39H2/t44-,48+,53-,54+,55+,57+/m0/s1. The molecule has 1 amide bonds. The normalized spacial score (nSPS) is 23.1. The molecule has 5 aromatic rings. The number of hydrogen-bond acceptors (Lipinski definition) is 10. The van der Waals surface area contributed by atoms with E-state index >= 15 is 4.79 Å². The largest absolute Gasteiger partial charge is 0.492 e. The molecular weight excluding hydrogens is 853 g/mol. The lowest BCUT2D eigenvalue weighted by molar-refractivity contribution is -0.255. The number of nitrogens with zero attached hydrogens (tertiary/aromatic N) is 4. The Hall–Kier alpha value is -6.29. The molecule has 2 heterocycles. The van der Waals surface area contributed by atoms with Crippen molar-refractivity contribution in [2.45, 2.75) is 75.8 Å². The molecule has 9 rings (SSSR count). The van der Waals surface area contributed by atoms with Gasteiger partial charge in [0.1, 0.15) is 30.8 Å². The number of fused-ring (bicyclic) bond motifs is 3. The second-order valence-electron chi connectivity index (χ2n) is 18.5. The van der Waals surface area contributed by atoms with Crippen LogP contribution in [0.3, 0.4) is 0 Å². The lowest BCUT2D eigenvalue weighted by Gasteiger charge is -2.60. The summed E-state index contributed by atoms with van der Waals surface area (Å²) in [6.07, 6.45) is 8.98. The molecule has 2 N–H and O–H groups in total. The first kappa shape index (κ1) is 46.8. The van der Waals surface area contributed by atoms with Crippen molar-refractivity contribution in [1.82, 2.24) is 9.80 Å². The van der Waals surface area contributed by atoms with Gasteiger partial charge >= 0.3 is 0 Å². The summed E-state index contributed by atoms with van der Waals surface area (Å²) >= 11 is 0. The van der Waals surface area contributed by atoms with Crippen molar-refractivity contribution in [2.24, 2.45) is 22.9 Å². The Morgan fingerprint density at radius 2 is 1.69 bits per heavy atom. The third-order valence-electron chi connectivity index (χ3n) is 14.2. The van der Waals surface area contributed by atoms with E-state index in [1.54, 1.807) is 30.3 Å². The van der Waals surface area contributed by atoms with E-state index in [0.717, 1.165) is 84.1 Å². The van der Waals surface area contributed by atoms with Crippen LogP contribution >= 0.6 is 0 Å². The summed E-state index contributed by atoms with van der Waals surface area (Å²) in [7, 11) is 0. The number of unbranched alkanes of at least 4 members (excludes halogenated alkanes) is 2. The highest BCUT2D eigenvalue weighted by Crippen LogP contribution is 2.62. The van der Waals surface area contributed by atoms with Gasteiger partial charge in [-0.15, -0.1) is 6.58 Å². The van der Waals surface area contributed by atoms with Gasteiger partial charge in [-0.1, -0.05) is 103 Å². The van der Waals surface area contributed by atoms with Gasteiger partial charge in [0.25, 0.3) is 5.91 Å². The van der Waals surface area contributed by atoms with Crippen molar-refractivity contribution in [1.29, 1.82) is 5.26 Å². The third kappa shape index (κ3) is 10.1. The van der Waals surface area contributed by atoms with Crippen LogP contribution in [-0.2, 0) is 22.7 Å². The molecule has 6 atom stereocenters. The highest BCUT2D eigenvalue weighted by atomic mass is 16.7. The van der Waals surface area contributed by atoms with Crippen LogP contribution in [0.1, 0.15) is 83.5 Å². The highest BCUT2D eigenvalue weighted by molar-refractivity contribution is 6.03. The van der Waals surface area contributed by atoms with E-state index in [1.165, 1.54) is 0 Å². The highest BCUT2D eigenvalue weighted by Gasteiger charge is 2.65. The van der Waals surface area contributed by atoms with Crippen LogP contribution < -0.4 is 9.47 Å². The maximum absolute atomic E-state index is 15.7. The molecule has 5 aromatic carbocycles. The monoisotopic (exact) mass is 914 g/mol. The van der Waals surface area contributed by atoms with Gasteiger partial charge in [0.15, 0.2) is 0 Å². The van der Waals surface area contributed by atoms with Crippen LogP contribution in [0.15, 0.2) is 145 Å². The van der Waals surface area contributed by atoms with Gasteiger partial charge in [0, 0.05) is 62.9 Å². The molecule has 0 radical (unpaired) electrons. The number of nitriles is 1. The molecule has 1 saturated heterocycles. The smallest absolute Gasteiger partial charge is 0.254 e. The number of benzene rings is 5. The number of carbonyl (C=O) groups excluding carboxylic acids is 1. The van der Waals surface area contributed by atoms with Gasteiger partial charge in [0.05, 0.1) is 29.9 Å². The number of aliphatic hydroxyl groups excluding tert-OH is 2. The maximum atomic E-state index is 15.7. The molecule has 352 valence electrons. The van der Waals surface area contributed by atoms with Gasteiger partial charge in [-0.3, -0.25) is 9.69 Å². The van der Waals surface area contributed by atoms with Crippen molar-refractivity contribution >= 4 is 22.4 Å². The summed E-state index contributed by atoms with van der Waals surface area (Å²) in [6.45, 7) is 8.51. The summed E-state index contributed by atoms with van der Waals surface area (Å²) < 4.78 is 21.3. The van der Waals surface area contributed by atoms with E-state index in [2.05, 4.69) is 54.0 Å². The van der Waals surface area contributed by atoms with Crippen molar-refractivity contribution in [2.75, 3.05) is 46.1 Å². The average molecular weight is 915 g/mol. The first-order valence-corrected chi connectivity index (χ1v) is 24.3. The van der Waals surface area contributed by atoms with Crippen molar-refractivity contribution < 1.29 is 34.1 Å². The number of allylic oxidation sites excluding steroid dienone is 1. The number of ether oxygens (including phenoxy) is 3. The van der Waals surface area contributed by atoms with Crippen molar-refractivity contribution in [3.05, 3.63) is 167 Å². The Bertz CT molecular complexity index is 2640. The number of amides is 1. The second-order valence-corrected chi connectivity index (χ2v) is 18.5. The Morgan fingerprint density at radius 3 is 2.46 bits per heavy atom. The summed E-state index contributed by atoms with van der Waals surface area (Å²) in [5.74, 6) is -0.840. The zero-order valence-corrected chi connectivity index (χ0v) is 38.8. The van der Waals surface area contributed by atoms with Gasteiger partial charge in [-0.25, -0.2) is 0 Å². The number of oxime groups is 1. The lowest BCUT2D eigenvalue weighted by Crippen LogP contribution is -2.70. The Balaban J connectivity index is 1.26. The van der Waals surface area contributed by atoms with Gasteiger partial charge in [-0.2, -0.15) is 5.26 Å². The average Bonchev–Trinajstić information content (AvgIpc) is 4.21. The number of carbonyl (C=O) groups is 1. The summed E-state index contributed by atoms with van der Waals surface area (Å²) in [5, 5.41) is 37.0. The fourth-order valence-electron chi connectivity index (χ4n) is 10.9. The SMILES string of the molecule is C=CCO[C@@]12Oc3ccc(OCCN4CC4)cc3[C@H]3[C@H](CCCCO)[C@@H](CCCCO)C=C(C(=NOCc4ccccc4)C[C@@H]1N(Cc1cccc4ccccc14)C(=O)c1ccc(C#N)cc1)[C@H]32. The molecule has 0 aromatic heterocycles. The Labute approximate surface area is 399 Å². The molecular formula is C57H62N4O7. The number of aliphatic hydroxyl groups is 2. The van der Waals surface area contributed by atoms with Crippen molar-refractivity contribution in [3.8, 4) is 17.6 Å². The molecule has 2 aliphatic heterocycles. The van der Waals surface area contributed by atoms with E-state index in [4.69, 9.17) is 24.2 Å². The molecule has 2 fully saturated rings. The minimum Gasteiger partial charge on any atom is -0.492 e. The number of hydrogen-bond donors (Lipinski definition) is 2. The maximum Gasteiger partial charge on any atom is 0.254 e. The van der Waals surface area contributed by atoms with E-state index in [-0.39, 0.29) is 63.1 Å². The minimum atomic E-state index is -1.46.